The SMILES string of the molecule is COc1ccc(C2CCCN2S(=O)(=O)c2ccc(C(C)=O)cc2)c(OC)c1. The van der Waals surface area contributed by atoms with Crippen LogP contribution in [-0.4, -0.2) is 39.3 Å². The summed E-state index contributed by atoms with van der Waals surface area (Å²) in [6.07, 6.45) is 1.48. The van der Waals surface area contributed by atoms with Crippen molar-refractivity contribution in [1.82, 2.24) is 4.31 Å². The zero-order valence-electron chi connectivity index (χ0n) is 15.6. The number of nitrogens with zero attached hydrogens (tertiary/aromatic N) is 1. The van der Waals surface area contributed by atoms with E-state index in [0.29, 0.717) is 30.0 Å². The molecule has 144 valence electrons. The molecule has 2 aromatic carbocycles. The normalized spacial score (nSPS) is 17.7. The van der Waals surface area contributed by atoms with Crippen LogP contribution >= 0.6 is 0 Å². The van der Waals surface area contributed by atoms with E-state index < -0.39 is 10.0 Å². The summed E-state index contributed by atoms with van der Waals surface area (Å²) in [5.41, 5.74) is 1.31. The Morgan fingerprint density at radius 1 is 1.07 bits per heavy atom. The lowest BCUT2D eigenvalue weighted by molar-refractivity contribution is 0.101. The predicted octanol–water partition coefficient (Wildman–Crippen LogP) is 3.43. The summed E-state index contributed by atoms with van der Waals surface area (Å²) in [7, 11) is -0.547. The minimum absolute atomic E-state index is 0.0963. The second-order valence-corrected chi connectivity index (χ2v) is 8.35. The van der Waals surface area contributed by atoms with E-state index >= 15 is 0 Å². The largest absolute Gasteiger partial charge is 0.497 e. The molecule has 2 aromatic rings. The van der Waals surface area contributed by atoms with Crippen molar-refractivity contribution in [2.75, 3.05) is 20.8 Å². The number of hydrogen-bond acceptors (Lipinski definition) is 5. The van der Waals surface area contributed by atoms with Gasteiger partial charge in [0.05, 0.1) is 25.2 Å². The van der Waals surface area contributed by atoms with E-state index in [0.717, 1.165) is 12.0 Å². The van der Waals surface area contributed by atoms with Crippen LogP contribution in [0.2, 0.25) is 0 Å². The number of benzene rings is 2. The number of sulfonamides is 1. The molecule has 6 nitrogen and oxygen atoms in total. The predicted molar refractivity (Wildman–Crippen MR) is 102 cm³/mol. The van der Waals surface area contributed by atoms with Gasteiger partial charge in [-0.2, -0.15) is 4.31 Å². The van der Waals surface area contributed by atoms with Crippen molar-refractivity contribution in [3.63, 3.8) is 0 Å². The first-order valence-electron chi connectivity index (χ1n) is 8.73. The third-order valence-corrected chi connectivity index (χ3v) is 6.79. The van der Waals surface area contributed by atoms with Crippen LogP contribution in [0.15, 0.2) is 47.4 Å². The molecule has 1 unspecified atom stereocenters. The second kappa shape index (κ2) is 7.70. The van der Waals surface area contributed by atoms with Crippen LogP contribution in [0.1, 0.15) is 41.7 Å². The molecule has 27 heavy (non-hydrogen) atoms. The summed E-state index contributed by atoms with van der Waals surface area (Å²) in [4.78, 5) is 11.6. The highest BCUT2D eigenvalue weighted by Gasteiger charge is 2.37. The van der Waals surface area contributed by atoms with Gasteiger partial charge < -0.3 is 9.47 Å². The maximum Gasteiger partial charge on any atom is 0.243 e. The highest BCUT2D eigenvalue weighted by molar-refractivity contribution is 7.89. The van der Waals surface area contributed by atoms with E-state index in [1.165, 1.54) is 23.4 Å². The topological polar surface area (TPSA) is 72.9 Å². The van der Waals surface area contributed by atoms with E-state index in [1.807, 2.05) is 12.1 Å². The van der Waals surface area contributed by atoms with Gasteiger partial charge in [-0.05, 0) is 38.0 Å². The first-order chi connectivity index (χ1) is 12.9. The Balaban J connectivity index is 1.97. The monoisotopic (exact) mass is 389 g/mol. The molecule has 0 aliphatic carbocycles. The summed E-state index contributed by atoms with van der Waals surface area (Å²) in [5.74, 6) is 1.16. The Labute approximate surface area is 159 Å². The van der Waals surface area contributed by atoms with Gasteiger partial charge in [-0.15, -0.1) is 0 Å². The molecule has 1 aliphatic rings. The van der Waals surface area contributed by atoms with E-state index in [4.69, 9.17) is 9.47 Å². The summed E-state index contributed by atoms with van der Waals surface area (Å²) in [5, 5.41) is 0. The summed E-state index contributed by atoms with van der Waals surface area (Å²) in [6.45, 7) is 1.90. The summed E-state index contributed by atoms with van der Waals surface area (Å²) in [6, 6.07) is 11.2. The van der Waals surface area contributed by atoms with E-state index in [9.17, 15) is 13.2 Å². The van der Waals surface area contributed by atoms with E-state index in [2.05, 4.69) is 0 Å². The molecule has 1 heterocycles. The van der Waals surface area contributed by atoms with Crippen LogP contribution in [0, 0.1) is 0 Å². The van der Waals surface area contributed by atoms with Gasteiger partial charge in [-0.25, -0.2) is 8.42 Å². The molecule has 0 aromatic heterocycles. The minimum Gasteiger partial charge on any atom is -0.497 e. The first-order valence-corrected chi connectivity index (χ1v) is 10.2. The number of ketones is 1. The van der Waals surface area contributed by atoms with Crippen LogP contribution in [0.25, 0.3) is 0 Å². The van der Waals surface area contributed by atoms with Gasteiger partial charge >= 0.3 is 0 Å². The van der Waals surface area contributed by atoms with Crippen LogP contribution in [-0.2, 0) is 10.0 Å². The van der Waals surface area contributed by atoms with Gasteiger partial charge in [0.15, 0.2) is 5.78 Å². The molecule has 3 rings (SSSR count). The average molecular weight is 389 g/mol. The quantitative estimate of drug-likeness (QED) is 0.708. The first kappa shape index (κ1) is 19.4. The van der Waals surface area contributed by atoms with Gasteiger partial charge in [0, 0.05) is 23.7 Å². The Kier molecular flexibility index (Phi) is 5.53. The van der Waals surface area contributed by atoms with Crippen molar-refractivity contribution < 1.29 is 22.7 Å². The van der Waals surface area contributed by atoms with Gasteiger partial charge in [-0.3, -0.25) is 4.79 Å². The molecule has 1 atom stereocenters. The fraction of sp³-hybridized carbons (Fsp3) is 0.350. The molecular formula is C20H23NO5S. The summed E-state index contributed by atoms with van der Waals surface area (Å²) < 4.78 is 38.6. The molecule has 0 saturated carbocycles. The minimum atomic E-state index is -3.68. The van der Waals surface area contributed by atoms with Crippen LogP contribution in [0.4, 0.5) is 0 Å². The standard InChI is InChI=1S/C20H23NO5S/c1-14(22)15-6-9-17(10-7-15)27(23,24)21-12-4-5-19(21)18-11-8-16(25-2)13-20(18)26-3/h6-11,13,19H,4-5,12H2,1-3H3. The van der Waals surface area contributed by atoms with Crippen LogP contribution in [0.5, 0.6) is 11.5 Å². The maximum absolute atomic E-state index is 13.2. The molecule has 0 N–H and O–H groups in total. The van der Waals surface area contributed by atoms with Gasteiger partial charge in [0.25, 0.3) is 0 Å². The number of rotatable bonds is 6. The Bertz CT molecular complexity index is 937. The van der Waals surface area contributed by atoms with Crippen LogP contribution in [0.3, 0.4) is 0 Å². The zero-order chi connectivity index (χ0) is 19.6. The van der Waals surface area contributed by atoms with E-state index in [-0.39, 0.29) is 16.7 Å². The number of hydrogen-bond donors (Lipinski definition) is 0. The average Bonchev–Trinajstić information content (AvgIpc) is 3.18. The smallest absolute Gasteiger partial charge is 0.243 e. The van der Waals surface area contributed by atoms with Crippen molar-refractivity contribution in [3.05, 3.63) is 53.6 Å². The zero-order valence-corrected chi connectivity index (χ0v) is 16.5. The Morgan fingerprint density at radius 3 is 2.37 bits per heavy atom. The third-order valence-electron chi connectivity index (χ3n) is 4.87. The third kappa shape index (κ3) is 3.70. The molecular weight excluding hydrogens is 366 g/mol. The molecule has 0 amide bonds. The lowest BCUT2D eigenvalue weighted by Crippen LogP contribution is -2.31. The van der Waals surface area contributed by atoms with Gasteiger partial charge in [0.1, 0.15) is 11.5 Å². The molecule has 1 aliphatic heterocycles. The molecule has 0 radical (unpaired) electrons. The van der Waals surface area contributed by atoms with Crippen molar-refractivity contribution in [3.8, 4) is 11.5 Å². The molecule has 1 saturated heterocycles. The lowest BCUT2D eigenvalue weighted by atomic mass is 10.0. The number of methoxy groups -OCH3 is 2. The van der Waals surface area contributed by atoms with Crippen LogP contribution < -0.4 is 9.47 Å². The molecule has 1 fully saturated rings. The number of carbonyl (C=O) groups excluding carboxylic acids is 1. The number of carbonyl (C=O) groups is 1. The number of Topliss-reactive ketones (excluding diaryl/α,β-unsaturated/α-hetero) is 1. The van der Waals surface area contributed by atoms with E-state index in [1.54, 1.807) is 32.4 Å². The fourth-order valence-corrected chi connectivity index (χ4v) is 5.10. The fourth-order valence-electron chi connectivity index (χ4n) is 3.43. The van der Waals surface area contributed by atoms with Crippen molar-refractivity contribution >= 4 is 15.8 Å². The Hall–Kier alpha value is -2.38. The highest BCUT2D eigenvalue weighted by atomic mass is 32.2. The van der Waals surface area contributed by atoms with Crippen molar-refractivity contribution in [1.29, 1.82) is 0 Å². The summed E-state index contributed by atoms with van der Waals surface area (Å²) >= 11 is 0. The van der Waals surface area contributed by atoms with Crippen molar-refractivity contribution in [2.45, 2.75) is 30.7 Å². The number of ether oxygens (including phenoxy) is 2. The second-order valence-electron chi connectivity index (χ2n) is 6.46. The molecule has 7 heteroatoms. The Morgan fingerprint density at radius 2 is 1.78 bits per heavy atom. The highest BCUT2D eigenvalue weighted by Crippen LogP contribution is 2.41. The lowest BCUT2D eigenvalue weighted by Gasteiger charge is -2.26. The molecule has 0 bridgehead atoms. The van der Waals surface area contributed by atoms with Gasteiger partial charge in [0.2, 0.25) is 10.0 Å². The molecule has 0 spiro atoms. The van der Waals surface area contributed by atoms with Gasteiger partial charge in [-0.1, -0.05) is 18.2 Å². The maximum atomic E-state index is 13.2. The van der Waals surface area contributed by atoms with Crippen molar-refractivity contribution in [2.24, 2.45) is 0 Å².